The minimum atomic E-state index is -1.00. The molecule has 2 aliphatic carbocycles. The zero-order valence-electron chi connectivity index (χ0n) is 18.3. The molecule has 5 rings (SSSR count). The molecule has 1 aromatic carbocycles. The molecule has 168 valence electrons. The maximum Gasteiger partial charge on any atom is 0.341 e. The fraction of sp³-hybridized carbons (Fsp3) is 0.500. The lowest BCUT2D eigenvalue weighted by atomic mass is 9.57. The van der Waals surface area contributed by atoms with Gasteiger partial charge in [-0.15, -0.1) is 0 Å². The molecule has 0 unspecified atom stereocenters. The lowest BCUT2D eigenvalue weighted by Gasteiger charge is -2.45. The number of carbonyl (C=O) groups excluding carboxylic acids is 1. The number of aromatic nitrogens is 1. The molecule has 3 aliphatic rings. The number of pyridine rings is 1. The van der Waals surface area contributed by atoms with Crippen LogP contribution in [-0.2, 0) is 14.3 Å². The number of fused-ring (bicyclic) bond motifs is 3. The van der Waals surface area contributed by atoms with Crippen LogP contribution in [0.1, 0.15) is 44.7 Å². The fourth-order valence-electron chi connectivity index (χ4n) is 6.24. The number of hydrogen-bond acceptors (Lipinski definition) is 5. The van der Waals surface area contributed by atoms with Crippen LogP contribution in [-0.4, -0.2) is 34.7 Å². The van der Waals surface area contributed by atoms with E-state index < -0.39 is 5.97 Å². The molecule has 3 fully saturated rings. The predicted octanol–water partition coefficient (Wildman–Crippen LogP) is 4.72. The molecule has 1 N–H and O–H groups in total. The number of rotatable bonds is 5. The third-order valence-electron chi connectivity index (χ3n) is 7.61. The summed E-state index contributed by atoms with van der Waals surface area (Å²) in [6, 6.07) is 9.35. The van der Waals surface area contributed by atoms with Gasteiger partial charge in [0.05, 0.1) is 17.1 Å². The highest BCUT2D eigenvalue weighted by atomic mass is 16.6. The summed E-state index contributed by atoms with van der Waals surface area (Å²) in [6.07, 6.45) is 10.3. The van der Waals surface area contributed by atoms with E-state index in [9.17, 15) is 9.59 Å². The van der Waals surface area contributed by atoms with Crippen molar-refractivity contribution in [1.82, 2.24) is 4.98 Å². The molecule has 1 aliphatic heterocycles. The lowest BCUT2D eigenvalue weighted by Crippen LogP contribution is -2.42. The van der Waals surface area contributed by atoms with E-state index in [1.165, 1.54) is 25.7 Å². The van der Waals surface area contributed by atoms with Crippen LogP contribution in [0, 0.1) is 29.6 Å². The van der Waals surface area contributed by atoms with E-state index in [4.69, 9.17) is 19.6 Å². The van der Waals surface area contributed by atoms with Gasteiger partial charge in [-0.25, -0.2) is 9.78 Å². The summed E-state index contributed by atoms with van der Waals surface area (Å²) in [5.74, 6) is 1.37. The molecule has 6 nitrogen and oxygen atoms in total. The highest BCUT2D eigenvalue weighted by Crippen LogP contribution is 2.53. The minimum absolute atomic E-state index is 0.00493. The Kier molecular flexibility index (Phi) is 5.62. The summed E-state index contributed by atoms with van der Waals surface area (Å²) in [6.45, 7) is 1.68. The Bertz CT molecular complexity index is 1060. The van der Waals surface area contributed by atoms with Gasteiger partial charge < -0.3 is 14.6 Å². The van der Waals surface area contributed by atoms with Crippen LogP contribution in [0.15, 0.2) is 36.4 Å². The van der Waals surface area contributed by atoms with Gasteiger partial charge in [-0.1, -0.05) is 31.4 Å². The monoisotopic (exact) mass is 435 g/mol. The first-order valence-corrected chi connectivity index (χ1v) is 11.6. The van der Waals surface area contributed by atoms with Crippen molar-refractivity contribution in [3.63, 3.8) is 0 Å². The van der Waals surface area contributed by atoms with Gasteiger partial charge in [0.2, 0.25) is 0 Å². The fourth-order valence-corrected chi connectivity index (χ4v) is 6.24. The van der Waals surface area contributed by atoms with Gasteiger partial charge in [0.25, 0.3) is 0 Å². The SMILES string of the molecule is C[C@H]1OC(=O)[C@@H]2C[C@@H]3CCCC[C@H]3[C@H](/C=C/c3ccc4cc(OCC(=O)O)ccc4n3)[C@H]12. The lowest BCUT2D eigenvalue weighted by molar-refractivity contribution is -0.144. The number of aliphatic carboxylic acids is 1. The van der Waals surface area contributed by atoms with Crippen molar-refractivity contribution in [3.05, 3.63) is 42.1 Å². The Balaban J connectivity index is 1.39. The number of esters is 1. The van der Waals surface area contributed by atoms with Crippen molar-refractivity contribution >= 4 is 28.9 Å². The number of benzene rings is 1. The van der Waals surface area contributed by atoms with Crippen LogP contribution >= 0.6 is 0 Å². The molecular formula is C26H29NO5. The molecule has 0 amide bonds. The number of carbonyl (C=O) groups is 2. The number of allylic oxidation sites excluding steroid dienone is 1. The van der Waals surface area contributed by atoms with Gasteiger partial charge in [0.15, 0.2) is 6.61 Å². The van der Waals surface area contributed by atoms with Crippen molar-refractivity contribution in [2.75, 3.05) is 6.61 Å². The second-order valence-corrected chi connectivity index (χ2v) is 9.48. The van der Waals surface area contributed by atoms with E-state index in [0.717, 1.165) is 23.0 Å². The first kappa shape index (κ1) is 21.0. The average molecular weight is 436 g/mol. The third-order valence-corrected chi connectivity index (χ3v) is 7.61. The van der Waals surface area contributed by atoms with E-state index in [0.29, 0.717) is 23.5 Å². The molecule has 2 aromatic rings. The summed E-state index contributed by atoms with van der Waals surface area (Å²) >= 11 is 0. The van der Waals surface area contributed by atoms with Gasteiger partial charge in [0.1, 0.15) is 11.9 Å². The van der Waals surface area contributed by atoms with Gasteiger partial charge >= 0.3 is 11.9 Å². The Labute approximate surface area is 187 Å². The summed E-state index contributed by atoms with van der Waals surface area (Å²) in [5, 5.41) is 9.68. The van der Waals surface area contributed by atoms with Gasteiger partial charge in [-0.05, 0) is 67.9 Å². The molecular weight excluding hydrogens is 406 g/mol. The van der Waals surface area contributed by atoms with Crippen LogP contribution in [0.3, 0.4) is 0 Å². The third kappa shape index (κ3) is 3.98. The summed E-state index contributed by atoms with van der Waals surface area (Å²) in [7, 11) is 0. The van der Waals surface area contributed by atoms with Crippen LogP contribution in [0.25, 0.3) is 17.0 Å². The van der Waals surface area contributed by atoms with E-state index in [-0.39, 0.29) is 30.5 Å². The van der Waals surface area contributed by atoms with Crippen LogP contribution in [0.2, 0.25) is 0 Å². The van der Waals surface area contributed by atoms with Crippen molar-refractivity contribution in [2.24, 2.45) is 29.6 Å². The van der Waals surface area contributed by atoms with Crippen molar-refractivity contribution < 1.29 is 24.2 Å². The first-order valence-electron chi connectivity index (χ1n) is 11.6. The van der Waals surface area contributed by atoms with Gasteiger partial charge in [-0.3, -0.25) is 4.79 Å². The van der Waals surface area contributed by atoms with Crippen molar-refractivity contribution in [1.29, 1.82) is 0 Å². The maximum absolute atomic E-state index is 12.5. The second kappa shape index (κ2) is 8.57. The highest BCUT2D eigenvalue weighted by molar-refractivity contribution is 5.81. The topological polar surface area (TPSA) is 85.7 Å². The molecule has 32 heavy (non-hydrogen) atoms. The largest absolute Gasteiger partial charge is 0.482 e. The van der Waals surface area contributed by atoms with Crippen molar-refractivity contribution in [2.45, 2.75) is 45.1 Å². The van der Waals surface area contributed by atoms with Crippen LogP contribution < -0.4 is 4.74 Å². The standard InChI is InChI=1S/C26H29NO5/c1-15-25-21(20-5-3-2-4-16(20)13-22(25)26(30)32-15)10-8-18-7-6-17-12-19(31-14-24(28)29)9-11-23(17)27-18/h6-12,15-16,20-22,25H,2-5,13-14H2,1H3,(H,28,29)/b10-8+/t15-,16+,20-,21+,22-,25+/m1/s1. The van der Waals surface area contributed by atoms with E-state index in [1.54, 1.807) is 12.1 Å². The number of nitrogens with zero attached hydrogens (tertiary/aromatic N) is 1. The molecule has 0 radical (unpaired) electrons. The molecule has 0 spiro atoms. The van der Waals surface area contributed by atoms with E-state index >= 15 is 0 Å². The zero-order valence-corrected chi connectivity index (χ0v) is 18.3. The molecule has 0 bridgehead atoms. The molecule has 6 heteroatoms. The minimum Gasteiger partial charge on any atom is -0.482 e. The molecule has 1 saturated heterocycles. The molecule has 2 heterocycles. The van der Waals surface area contributed by atoms with Crippen molar-refractivity contribution in [3.8, 4) is 5.75 Å². The van der Waals surface area contributed by atoms with E-state index in [2.05, 4.69) is 12.2 Å². The number of hydrogen-bond donors (Lipinski definition) is 1. The Morgan fingerprint density at radius 1 is 1.25 bits per heavy atom. The smallest absolute Gasteiger partial charge is 0.341 e. The number of cyclic esters (lactones) is 1. The Hall–Kier alpha value is -2.89. The maximum atomic E-state index is 12.5. The van der Waals surface area contributed by atoms with Gasteiger partial charge in [0, 0.05) is 11.3 Å². The number of ether oxygens (including phenoxy) is 2. The average Bonchev–Trinajstić information content (AvgIpc) is 3.08. The van der Waals surface area contributed by atoms with Gasteiger partial charge in [-0.2, -0.15) is 0 Å². The number of carboxylic acid groups (broad SMARTS) is 1. The molecule has 1 aromatic heterocycles. The summed E-state index contributed by atoms with van der Waals surface area (Å²) in [4.78, 5) is 27.9. The second-order valence-electron chi connectivity index (χ2n) is 9.48. The van der Waals surface area contributed by atoms with Crippen LogP contribution in [0.5, 0.6) is 5.75 Å². The molecule has 6 atom stereocenters. The first-order chi connectivity index (χ1) is 15.5. The number of carboxylic acids is 1. The summed E-state index contributed by atoms with van der Waals surface area (Å²) < 4.78 is 10.9. The zero-order chi connectivity index (χ0) is 22.2. The normalized spacial score (nSPS) is 31.8. The Morgan fingerprint density at radius 3 is 2.94 bits per heavy atom. The molecule has 2 saturated carbocycles. The highest BCUT2D eigenvalue weighted by Gasteiger charge is 2.53. The van der Waals surface area contributed by atoms with Crippen LogP contribution in [0.4, 0.5) is 0 Å². The quantitative estimate of drug-likeness (QED) is 0.684. The van der Waals surface area contributed by atoms with E-state index in [1.807, 2.05) is 25.1 Å². The predicted molar refractivity (Wildman–Crippen MR) is 120 cm³/mol. The Morgan fingerprint density at radius 2 is 2.09 bits per heavy atom. The summed E-state index contributed by atoms with van der Waals surface area (Å²) in [5.41, 5.74) is 1.71.